The fraction of sp³-hybridized carbons (Fsp3) is 0.471. The zero-order chi connectivity index (χ0) is 18.7. The Morgan fingerprint density at radius 3 is 2.12 bits per heavy atom. The van der Waals surface area contributed by atoms with E-state index in [0.717, 1.165) is 5.69 Å². The summed E-state index contributed by atoms with van der Waals surface area (Å²) < 4.78 is 29.3. The maximum atomic E-state index is 13.2. The Morgan fingerprint density at radius 2 is 1.64 bits per heavy atom. The van der Waals surface area contributed by atoms with Crippen LogP contribution in [0.25, 0.3) is 5.69 Å². The molecule has 1 aromatic heterocycles. The first-order valence-electron chi connectivity index (χ1n) is 7.99. The molecule has 0 aliphatic rings. The van der Waals surface area contributed by atoms with Crippen LogP contribution in [0.15, 0.2) is 41.4 Å². The molecule has 0 aliphatic carbocycles. The van der Waals surface area contributed by atoms with Crippen molar-refractivity contribution in [3.63, 3.8) is 0 Å². The van der Waals surface area contributed by atoms with E-state index < -0.39 is 15.4 Å². The Balaban J connectivity index is 2.60. The SMILES string of the molecule is CC(C)(C)c1nn(-c2ccccc2)cc1S(=O)(=O)N(CCCl)CCCl. The summed E-state index contributed by atoms with van der Waals surface area (Å²) >= 11 is 11.6. The molecule has 0 atom stereocenters. The molecule has 0 aliphatic heterocycles. The van der Waals surface area contributed by atoms with Gasteiger partial charge in [0.25, 0.3) is 0 Å². The summed E-state index contributed by atoms with van der Waals surface area (Å²) in [6, 6.07) is 9.43. The van der Waals surface area contributed by atoms with Gasteiger partial charge in [-0.15, -0.1) is 23.2 Å². The highest BCUT2D eigenvalue weighted by atomic mass is 35.5. The van der Waals surface area contributed by atoms with Crippen LogP contribution in [0.5, 0.6) is 0 Å². The summed E-state index contributed by atoms with van der Waals surface area (Å²) in [6.45, 7) is 6.23. The minimum Gasteiger partial charge on any atom is -0.239 e. The van der Waals surface area contributed by atoms with Gasteiger partial charge < -0.3 is 0 Å². The van der Waals surface area contributed by atoms with Gasteiger partial charge in [0.15, 0.2) is 0 Å². The largest absolute Gasteiger partial charge is 0.246 e. The molecule has 8 heteroatoms. The fourth-order valence-electron chi connectivity index (χ4n) is 2.46. The lowest BCUT2D eigenvalue weighted by molar-refractivity contribution is 0.444. The molecular weight excluding hydrogens is 381 g/mol. The van der Waals surface area contributed by atoms with E-state index in [1.807, 2.05) is 51.1 Å². The highest BCUT2D eigenvalue weighted by Crippen LogP contribution is 2.30. The Hall–Kier alpha value is -1.08. The molecule has 0 bridgehead atoms. The number of para-hydroxylation sites is 1. The topological polar surface area (TPSA) is 55.2 Å². The van der Waals surface area contributed by atoms with E-state index in [-0.39, 0.29) is 29.7 Å². The second-order valence-corrected chi connectivity index (χ2v) is 9.32. The number of rotatable bonds is 7. The van der Waals surface area contributed by atoms with Crippen LogP contribution in [0.1, 0.15) is 26.5 Å². The van der Waals surface area contributed by atoms with Crippen LogP contribution in [0.4, 0.5) is 0 Å². The molecule has 25 heavy (non-hydrogen) atoms. The van der Waals surface area contributed by atoms with Crippen LogP contribution in [-0.2, 0) is 15.4 Å². The maximum Gasteiger partial charge on any atom is 0.246 e. The zero-order valence-corrected chi connectivity index (χ0v) is 16.9. The van der Waals surface area contributed by atoms with Crippen LogP contribution in [0.2, 0.25) is 0 Å². The average Bonchev–Trinajstić information content (AvgIpc) is 3.02. The third-order valence-corrected chi connectivity index (χ3v) is 5.94. The molecule has 0 radical (unpaired) electrons. The predicted octanol–water partition coefficient (Wildman–Crippen LogP) is 3.64. The van der Waals surface area contributed by atoms with Crippen LogP contribution in [0.3, 0.4) is 0 Å². The number of alkyl halides is 2. The third-order valence-electron chi connectivity index (χ3n) is 3.70. The van der Waals surface area contributed by atoms with E-state index in [1.54, 1.807) is 10.9 Å². The van der Waals surface area contributed by atoms with Crippen LogP contribution in [-0.4, -0.2) is 47.4 Å². The Morgan fingerprint density at radius 1 is 1.08 bits per heavy atom. The predicted molar refractivity (Wildman–Crippen MR) is 102 cm³/mol. The zero-order valence-electron chi connectivity index (χ0n) is 14.6. The highest BCUT2D eigenvalue weighted by Gasteiger charge is 2.33. The van der Waals surface area contributed by atoms with E-state index in [4.69, 9.17) is 23.2 Å². The highest BCUT2D eigenvalue weighted by molar-refractivity contribution is 7.89. The van der Waals surface area contributed by atoms with E-state index in [9.17, 15) is 8.42 Å². The van der Waals surface area contributed by atoms with Gasteiger partial charge >= 0.3 is 0 Å². The van der Waals surface area contributed by atoms with Gasteiger partial charge in [0.2, 0.25) is 10.0 Å². The number of nitrogens with zero attached hydrogens (tertiary/aromatic N) is 3. The van der Waals surface area contributed by atoms with Crippen LogP contribution >= 0.6 is 23.2 Å². The van der Waals surface area contributed by atoms with Gasteiger partial charge in [0.05, 0.1) is 17.6 Å². The van der Waals surface area contributed by atoms with Gasteiger partial charge in [-0.3, -0.25) is 0 Å². The molecule has 0 amide bonds. The third kappa shape index (κ3) is 4.56. The van der Waals surface area contributed by atoms with E-state index in [1.165, 1.54) is 4.31 Å². The van der Waals surface area contributed by atoms with Crippen molar-refractivity contribution in [2.24, 2.45) is 0 Å². The summed E-state index contributed by atoms with van der Waals surface area (Å²) in [7, 11) is -3.75. The van der Waals surface area contributed by atoms with Gasteiger partial charge in [-0.1, -0.05) is 39.0 Å². The van der Waals surface area contributed by atoms with Crippen molar-refractivity contribution in [1.82, 2.24) is 14.1 Å². The Bertz CT molecular complexity index is 793. The molecule has 1 aromatic carbocycles. The monoisotopic (exact) mass is 403 g/mol. The van der Waals surface area contributed by atoms with Gasteiger partial charge in [-0.2, -0.15) is 9.40 Å². The Labute approximate surface area is 159 Å². The maximum absolute atomic E-state index is 13.2. The molecule has 5 nitrogen and oxygen atoms in total. The van der Waals surface area contributed by atoms with Crippen molar-refractivity contribution >= 4 is 33.2 Å². The van der Waals surface area contributed by atoms with Crippen molar-refractivity contribution in [2.75, 3.05) is 24.8 Å². The average molecular weight is 404 g/mol. The minimum absolute atomic E-state index is 0.194. The van der Waals surface area contributed by atoms with Gasteiger partial charge in [-0.05, 0) is 12.1 Å². The molecule has 0 spiro atoms. The number of halogens is 2. The summed E-state index contributed by atoms with van der Waals surface area (Å²) in [6.07, 6.45) is 1.57. The summed E-state index contributed by atoms with van der Waals surface area (Å²) in [4.78, 5) is 0.194. The first kappa shape index (κ1) is 20.2. The van der Waals surface area contributed by atoms with Crippen LogP contribution < -0.4 is 0 Å². The first-order chi connectivity index (χ1) is 11.7. The smallest absolute Gasteiger partial charge is 0.239 e. The second-order valence-electron chi connectivity index (χ2n) is 6.65. The van der Waals surface area contributed by atoms with Gasteiger partial charge in [0, 0.05) is 30.3 Å². The normalized spacial score (nSPS) is 12.7. The molecule has 0 saturated carbocycles. The molecule has 2 aromatic rings. The summed E-state index contributed by atoms with van der Waals surface area (Å²) in [5, 5.41) is 4.57. The summed E-state index contributed by atoms with van der Waals surface area (Å²) in [5.41, 5.74) is 0.886. The molecule has 0 N–H and O–H groups in total. The van der Waals surface area contributed by atoms with Gasteiger partial charge in [0.1, 0.15) is 4.90 Å². The van der Waals surface area contributed by atoms with Crippen molar-refractivity contribution in [3.8, 4) is 5.69 Å². The van der Waals surface area contributed by atoms with E-state index in [2.05, 4.69) is 5.10 Å². The quantitative estimate of drug-likeness (QED) is 0.663. The molecule has 138 valence electrons. The van der Waals surface area contributed by atoms with Crippen molar-refractivity contribution in [3.05, 3.63) is 42.2 Å². The molecule has 0 unspecified atom stereocenters. The lowest BCUT2D eigenvalue weighted by atomic mass is 9.92. The number of benzene rings is 1. The van der Waals surface area contributed by atoms with Gasteiger partial charge in [-0.25, -0.2) is 13.1 Å². The van der Waals surface area contributed by atoms with Crippen molar-refractivity contribution in [1.29, 1.82) is 0 Å². The molecule has 1 heterocycles. The van der Waals surface area contributed by atoms with E-state index >= 15 is 0 Å². The molecule has 0 saturated heterocycles. The van der Waals surface area contributed by atoms with Crippen LogP contribution in [0, 0.1) is 0 Å². The molecular formula is C17H23Cl2N3O2S. The first-order valence-corrected chi connectivity index (χ1v) is 10.5. The van der Waals surface area contributed by atoms with Crippen molar-refractivity contribution < 1.29 is 8.42 Å². The van der Waals surface area contributed by atoms with E-state index in [0.29, 0.717) is 5.69 Å². The summed E-state index contributed by atoms with van der Waals surface area (Å²) in [5.74, 6) is 0.404. The number of sulfonamides is 1. The van der Waals surface area contributed by atoms with Crippen molar-refractivity contribution in [2.45, 2.75) is 31.1 Å². The Kier molecular flexibility index (Phi) is 6.54. The number of aromatic nitrogens is 2. The molecule has 2 rings (SSSR count). The molecule has 0 fully saturated rings. The number of hydrogen-bond donors (Lipinski definition) is 0. The lowest BCUT2D eigenvalue weighted by Crippen LogP contribution is -2.35. The minimum atomic E-state index is -3.75. The fourth-order valence-corrected chi connectivity index (χ4v) is 4.83. The standard InChI is InChI=1S/C17H23Cl2N3O2S/c1-17(2,3)16-15(25(23,24)21(11-9-18)12-10-19)13-22(20-16)14-7-5-4-6-8-14/h4-8,13H,9-12H2,1-3H3. The second kappa shape index (κ2) is 8.08. The number of hydrogen-bond acceptors (Lipinski definition) is 3. The lowest BCUT2D eigenvalue weighted by Gasteiger charge is -2.23.